The molecule has 0 aliphatic carbocycles. The Morgan fingerprint density at radius 2 is 1.89 bits per heavy atom. The number of hydrogen-bond donors (Lipinski definition) is 1. The van der Waals surface area contributed by atoms with E-state index in [0.717, 1.165) is 38.1 Å². The van der Waals surface area contributed by atoms with Crippen molar-refractivity contribution in [3.05, 3.63) is 34.9 Å². The molecule has 1 fully saturated rings. The van der Waals surface area contributed by atoms with E-state index in [2.05, 4.69) is 5.32 Å². The second-order valence-corrected chi connectivity index (χ2v) is 4.92. The molecule has 1 aromatic rings. The molecule has 2 rings (SSSR count). The zero-order chi connectivity index (χ0) is 14.0. The van der Waals surface area contributed by atoms with Crippen LogP contribution in [0.3, 0.4) is 0 Å². The van der Waals surface area contributed by atoms with Crippen molar-refractivity contribution in [2.24, 2.45) is 5.92 Å². The predicted octanol–water partition coefficient (Wildman–Crippen LogP) is 3.20. The van der Waals surface area contributed by atoms with E-state index in [0.29, 0.717) is 11.1 Å². The molecule has 1 N–H and O–H groups in total. The fraction of sp³-hybridized carbons (Fsp3) is 0.500. The van der Waals surface area contributed by atoms with E-state index >= 15 is 0 Å². The van der Waals surface area contributed by atoms with E-state index in [9.17, 15) is 18.0 Å². The van der Waals surface area contributed by atoms with Gasteiger partial charge in [-0.2, -0.15) is 13.2 Å². The standard InChI is InChI=1S/C14H16F3NO/c1-9-8-11(14(15,16)17)2-3-12(9)13(19)10-4-6-18-7-5-10/h2-3,8,10,18H,4-7H2,1H3. The Morgan fingerprint density at radius 1 is 1.26 bits per heavy atom. The van der Waals surface area contributed by atoms with Crippen molar-refractivity contribution >= 4 is 5.78 Å². The lowest BCUT2D eigenvalue weighted by Crippen LogP contribution is -2.32. The van der Waals surface area contributed by atoms with Gasteiger partial charge >= 0.3 is 6.18 Å². The zero-order valence-corrected chi connectivity index (χ0v) is 10.7. The van der Waals surface area contributed by atoms with Crippen molar-refractivity contribution in [2.75, 3.05) is 13.1 Å². The number of hydrogen-bond acceptors (Lipinski definition) is 2. The van der Waals surface area contributed by atoms with E-state index in [-0.39, 0.29) is 11.7 Å². The summed E-state index contributed by atoms with van der Waals surface area (Å²) in [5.74, 6) is -0.107. The van der Waals surface area contributed by atoms with Crippen LogP contribution in [0.4, 0.5) is 13.2 Å². The summed E-state index contributed by atoms with van der Waals surface area (Å²) in [7, 11) is 0. The first-order chi connectivity index (χ1) is 8.89. The molecular formula is C14H16F3NO. The number of nitrogens with one attached hydrogen (secondary N) is 1. The summed E-state index contributed by atoms with van der Waals surface area (Å²) < 4.78 is 37.7. The van der Waals surface area contributed by atoms with Gasteiger partial charge in [0.1, 0.15) is 0 Å². The van der Waals surface area contributed by atoms with Crippen molar-refractivity contribution in [3.8, 4) is 0 Å². The largest absolute Gasteiger partial charge is 0.416 e. The SMILES string of the molecule is Cc1cc(C(F)(F)F)ccc1C(=O)C1CCNCC1. The van der Waals surface area contributed by atoms with Gasteiger partial charge in [0.05, 0.1) is 5.56 Å². The number of Topliss-reactive ketones (excluding diaryl/α,β-unsaturated/α-hetero) is 1. The van der Waals surface area contributed by atoms with Crippen molar-refractivity contribution in [2.45, 2.75) is 25.9 Å². The minimum Gasteiger partial charge on any atom is -0.317 e. The number of ketones is 1. The zero-order valence-electron chi connectivity index (χ0n) is 10.7. The smallest absolute Gasteiger partial charge is 0.317 e. The molecular weight excluding hydrogens is 255 g/mol. The Hall–Kier alpha value is -1.36. The summed E-state index contributed by atoms with van der Waals surface area (Å²) in [6, 6.07) is 3.35. The number of piperidine rings is 1. The highest BCUT2D eigenvalue weighted by molar-refractivity contribution is 5.99. The average Bonchev–Trinajstić information content (AvgIpc) is 2.38. The van der Waals surface area contributed by atoms with Gasteiger partial charge in [-0.3, -0.25) is 4.79 Å². The van der Waals surface area contributed by atoms with E-state index in [1.807, 2.05) is 0 Å². The van der Waals surface area contributed by atoms with Crippen LogP contribution in [0.1, 0.15) is 34.3 Å². The summed E-state index contributed by atoms with van der Waals surface area (Å²) in [5, 5.41) is 3.16. The number of halogens is 3. The second-order valence-electron chi connectivity index (χ2n) is 4.92. The number of benzene rings is 1. The molecule has 104 valence electrons. The fourth-order valence-corrected chi connectivity index (χ4v) is 2.42. The van der Waals surface area contributed by atoms with Crippen LogP contribution in [-0.4, -0.2) is 18.9 Å². The van der Waals surface area contributed by atoms with E-state index in [4.69, 9.17) is 0 Å². The average molecular weight is 271 g/mol. The molecule has 5 heteroatoms. The van der Waals surface area contributed by atoms with E-state index < -0.39 is 11.7 Å². The van der Waals surface area contributed by atoms with Crippen molar-refractivity contribution in [1.82, 2.24) is 5.32 Å². The normalized spacial score (nSPS) is 17.5. The second kappa shape index (κ2) is 5.33. The van der Waals surface area contributed by atoms with Gasteiger partial charge in [-0.1, -0.05) is 6.07 Å². The van der Waals surface area contributed by atoms with Crippen LogP contribution in [0.25, 0.3) is 0 Å². The van der Waals surface area contributed by atoms with Gasteiger partial charge in [-0.05, 0) is 50.6 Å². The summed E-state index contributed by atoms with van der Waals surface area (Å²) in [4.78, 5) is 12.3. The summed E-state index contributed by atoms with van der Waals surface area (Å²) in [6.45, 7) is 3.13. The maximum Gasteiger partial charge on any atom is 0.416 e. The first kappa shape index (κ1) is 14.1. The molecule has 1 saturated heterocycles. The van der Waals surface area contributed by atoms with Crippen LogP contribution in [0.2, 0.25) is 0 Å². The maximum atomic E-state index is 12.6. The lowest BCUT2D eigenvalue weighted by Gasteiger charge is -2.22. The van der Waals surface area contributed by atoms with Gasteiger partial charge in [0.2, 0.25) is 0 Å². The van der Waals surface area contributed by atoms with E-state index in [1.54, 1.807) is 6.92 Å². The highest BCUT2D eigenvalue weighted by atomic mass is 19.4. The van der Waals surface area contributed by atoms with Crippen molar-refractivity contribution in [1.29, 1.82) is 0 Å². The molecule has 0 radical (unpaired) electrons. The van der Waals surface area contributed by atoms with Crippen LogP contribution in [0.15, 0.2) is 18.2 Å². The molecule has 0 unspecified atom stereocenters. The molecule has 0 atom stereocenters. The van der Waals surface area contributed by atoms with Crippen LogP contribution in [-0.2, 0) is 6.18 Å². The third-order valence-corrected chi connectivity index (χ3v) is 3.53. The topological polar surface area (TPSA) is 29.1 Å². The first-order valence-corrected chi connectivity index (χ1v) is 6.32. The van der Waals surface area contributed by atoms with Gasteiger partial charge in [0.15, 0.2) is 5.78 Å². The molecule has 19 heavy (non-hydrogen) atoms. The number of alkyl halides is 3. The Labute approximate surface area is 110 Å². The Bertz CT molecular complexity index is 476. The number of aryl methyl sites for hydroxylation is 1. The van der Waals surface area contributed by atoms with Gasteiger partial charge in [0.25, 0.3) is 0 Å². The third-order valence-electron chi connectivity index (χ3n) is 3.53. The molecule has 2 nitrogen and oxygen atoms in total. The minimum absolute atomic E-state index is 0.0345. The van der Waals surface area contributed by atoms with Gasteiger partial charge in [-0.15, -0.1) is 0 Å². The molecule has 1 aromatic carbocycles. The molecule has 0 saturated carbocycles. The Balaban J connectivity index is 2.23. The lowest BCUT2D eigenvalue weighted by molar-refractivity contribution is -0.137. The fourth-order valence-electron chi connectivity index (χ4n) is 2.42. The van der Waals surface area contributed by atoms with Crippen LogP contribution in [0.5, 0.6) is 0 Å². The molecule has 1 aliphatic rings. The molecule has 0 bridgehead atoms. The monoisotopic (exact) mass is 271 g/mol. The number of carbonyl (C=O) groups is 1. The summed E-state index contributed by atoms with van der Waals surface area (Å²) >= 11 is 0. The number of rotatable bonds is 2. The van der Waals surface area contributed by atoms with E-state index in [1.165, 1.54) is 6.07 Å². The van der Waals surface area contributed by atoms with Crippen LogP contribution < -0.4 is 5.32 Å². The quantitative estimate of drug-likeness (QED) is 0.837. The first-order valence-electron chi connectivity index (χ1n) is 6.32. The summed E-state index contributed by atoms with van der Waals surface area (Å²) in [6.07, 6.45) is -2.86. The lowest BCUT2D eigenvalue weighted by atomic mass is 9.87. The summed E-state index contributed by atoms with van der Waals surface area (Å²) in [5.41, 5.74) is 0.116. The molecule has 1 aliphatic heterocycles. The van der Waals surface area contributed by atoms with Gasteiger partial charge in [0, 0.05) is 11.5 Å². The third kappa shape index (κ3) is 3.15. The highest BCUT2D eigenvalue weighted by Crippen LogP contribution is 2.31. The van der Waals surface area contributed by atoms with Gasteiger partial charge in [-0.25, -0.2) is 0 Å². The molecule has 0 aromatic heterocycles. The Kier molecular flexibility index (Phi) is 3.94. The van der Waals surface area contributed by atoms with Crippen molar-refractivity contribution in [3.63, 3.8) is 0 Å². The Morgan fingerprint density at radius 3 is 2.42 bits per heavy atom. The minimum atomic E-state index is -4.36. The molecule has 0 amide bonds. The van der Waals surface area contributed by atoms with Crippen molar-refractivity contribution < 1.29 is 18.0 Å². The van der Waals surface area contributed by atoms with Gasteiger partial charge < -0.3 is 5.32 Å². The molecule has 0 spiro atoms. The maximum absolute atomic E-state index is 12.6. The molecule has 1 heterocycles. The highest BCUT2D eigenvalue weighted by Gasteiger charge is 2.31. The number of carbonyl (C=O) groups excluding carboxylic acids is 1. The van der Waals surface area contributed by atoms with Crippen LogP contribution >= 0.6 is 0 Å². The van der Waals surface area contributed by atoms with Crippen LogP contribution in [0, 0.1) is 12.8 Å². The predicted molar refractivity (Wildman–Crippen MR) is 66.1 cm³/mol.